The Labute approximate surface area is 172 Å². The van der Waals surface area contributed by atoms with Crippen molar-refractivity contribution in [3.05, 3.63) is 24.3 Å². The second-order valence-corrected chi connectivity index (χ2v) is 8.64. The van der Waals surface area contributed by atoms with Crippen molar-refractivity contribution >= 4 is 5.97 Å². The molecule has 0 amide bonds. The molecule has 1 aromatic rings. The molecule has 0 spiro atoms. The molecule has 2 aliphatic rings. The maximum atomic E-state index is 12.9. The Morgan fingerprint density at radius 1 is 0.800 bits per heavy atom. The van der Waals surface area contributed by atoms with E-state index in [0.29, 0.717) is 5.92 Å². The molecule has 0 radical (unpaired) electrons. The molecule has 168 valence electrons. The molecule has 30 heavy (non-hydrogen) atoms. The van der Waals surface area contributed by atoms with Crippen LogP contribution >= 0.6 is 0 Å². The summed E-state index contributed by atoms with van der Waals surface area (Å²) >= 11 is 0. The highest BCUT2D eigenvalue weighted by atomic mass is 19.4. The Balaban J connectivity index is 1.47. The molecule has 0 saturated heterocycles. The van der Waals surface area contributed by atoms with Crippen LogP contribution < -0.4 is 9.47 Å². The predicted molar refractivity (Wildman–Crippen MR) is 100 cm³/mol. The van der Waals surface area contributed by atoms with Crippen LogP contribution in [0.25, 0.3) is 0 Å². The van der Waals surface area contributed by atoms with Crippen LogP contribution in [0.3, 0.4) is 0 Å². The summed E-state index contributed by atoms with van der Waals surface area (Å²) < 4.78 is 71.4. The van der Waals surface area contributed by atoms with Crippen LogP contribution in [0, 0.1) is 23.7 Å². The molecule has 0 bridgehead atoms. The summed E-state index contributed by atoms with van der Waals surface area (Å²) in [5.74, 6) is 1.04. The van der Waals surface area contributed by atoms with Crippen LogP contribution in [-0.4, -0.2) is 18.3 Å². The second-order valence-electron chi connectivity index (χ2n) is 8.64. The Morgan fingerprint density at radius 2 is 1.27 bits per heavy atom. The van der Waals surface area contributed by atoms with Crippen LogP contribution in [-0.2, 0) is 4.79 Å². The van der Waals surface area contributed by atoms with E-state index in [2.05, 4.69) is 11.7 Å². The maximum Gasteiger partial charge on any atom is 0.499 e. The fourth-order valence-corrected chi connectivity index (χ4v) is 4.56. The smallest absolute Gasteiger partial charge is 0.426 e. The zero-order chi connectivity index (χ0) is 21.9. The zero-order valence-corrected chi connectivity index (χ0v) is 16.9. The van der Waals surface area contributed by atoms with Gasteiger partial charge in [0.05, 0.1) is 5.92 Å². The van der Waals surface area contributed by atoms with Crippen molar-refractivity contribution in [1.82, 2.24) is 0 Å². The van der Waals surface area contributed by atoms with Crippen LogP contribution in [0.2, 0.25) is 0 Å². The number of halogens is 5. The average Bonchev–Trinajstić information content (AvgIpc) is 2.69. The quantitative estimate of drug-likeness (QED) is 0.292. The normalized spacial score (nSPS) is 28.1. The fourth-order valence-electron chi connectivity index (χ4n) is 4.56. The number of rotatable bonds is 5. The molecule has 3 nitrogen and oxygen atoms in total. The molecule has 2 fully saturated rings. The number of ether oxygens (including phenoxy) is 2. The van der Waals surface area contributed by atoms with Gasteiger partial charge in [-0.2, -0.15) is 22.0 Å². The van der Waals surface area contributed by atoms with Crippen LogP contribution in [0.5, 0.6) is 11.5 Å². The number of carbonyl (C=O) groups is 1. The minimum Gasteiger partial charge on any atom is -0.426 e. The molecule has 3 rings (SSSR count). The van der Waals surface area contributed by atoms with Gasteiger partial charge in [0.2, 0.25) is 0 Å². The first-order valence-electron chi connectivity index (χ1n) is 10.5. The number of carbonyl (C=O) groups excluding carboxylic acids is 1. The van der Waals surface area contributed by atoms with Gasteiger partial charge >= 0.3 is 18.3 Å². The second kappa shape index (κ2) is 9.10. The summed E-state index contributed by atoms with van der Waals surface area (Å²) in [6.07, 6.45) is -2.50. The van der Waals surface area contributed by atoms with Crippen LogP contribution in [0.15, 0.2) is 24.3 Å². The van der Waals surface area contributed by atoms with Gasteiger partial charge in [-0.25, -0.2) is 0 Å². The first-order valence-corrected chi connectivity index (χ1v) is 10.5. The number of hydrogen-bond acceptors (Lipinski definition) is 3. The molecule has 0 N–H and O–H groups in total. The number of hydrogen-bond donors (Lipinski definition) is 0. The van der Waals surface area contributed by atoms with E-state index in [0.717, 1.165) is 61.8 Å². The van der Waals surface area contributed by atoms with Gasteiger partial charge in [-0.3, -0.25) is 4.79 Å². The van der Waals surface area contributed by atoms with Crippen molar-refractivity contribution in [2.24, 2.45) is 23.7 Å². The van der Waals surface area contributed by atoms with Crippen LogP contribution in [0.1, 0.15) is 58.3 Å². The first kappa shape index (κ1) is 22.8. The highest BCUT2D eigenvalue weighted by molar-refractivity contribution is 5.75. The Hall–Kier alpha value is -1.86. The summed E-state index contributed by atoms with van der Waals surface area (Å²) in [7, 11) is 0. The molecular formula is C22H27F5O3. The molecule has 2 saturated carbocycles. The third kappa shape index (κ3) is 5.64. The number of esters is 1. The minimum atomic E-state index is -5.81. The third-order valence-corrected chi connectivity index (χ3v) is 6.45. The summed E-state index contributed by atoms with van der Waals surface area (Å²) in [5, 5.41) is 0. The van der Waals surface area contributed by atoms with E-state index < -0.39 is 18.0 Å². The van der Waals surface area contributed by atoms with Gasteiger partial charge in [-0.15, -0.1) is 0 Å². The van der Waals surface area contributed by atoms with Crippen molar-refractivity contribution in [3.8, 4) is 11.5 Å². The summed E-state index contributed by atoms with van der Waals surface area (Å²) in [6, 6.07) is 4.13. The average molecular weight is 434 g/mol. The Bertz CT molecular complexity index is 700. The van der Waals surface area contributed by atoms with Crippen molar-refractivity contribution < 1.29 is 36.2 Å². The molecule has 8 heteroatoms. The van der Waals surface area contributed by atoms with Crippen molar-refractivity contribution in [2.45, 2.75) is 70.6 Å². The largest absolute Gasteiger partial charge is 0.499 e. The Kier molecular flexibility index (Phi) is 6.92. The maximum absolute atomic E-state index is 12.9. The molecule has 0 atom stereocenters. The van der Waals surface area contributed by atoms with Gasteiger partial charge in [0.1, 0.15) is 11.5 Å². The van der Waals surface area contributed by atoms with Gasteiger partial charge < -0.3 is 9.47 Å². The Morgan fingerprint density at radius 3 is 1.77 bits per heavy atom. The topological polar surface area (TPSA) is 35.5 Å². The molecule has 1 aromatic carbocycles. The van der Waals surface area contributed by atoms with Gasteiger partial charge in [0.15, 0.2) is 0 Å². The van der Waals surface area contributed by atoms with E-state index in [1.54, 1.807) is 0 Å². The van der Waals surface area contributed by atoms with Gasteiger partial charge in [-0.05, 0) is 80.5 Å². The van der Waals surface area contributed by atoms with E-state index >= 15 is 0 Å². The highest BCUT2D eigenvalue weighted by Crippen LogP contribution is 2.42. The van der Waals surface area contributed by atoms with E-state index in [-0.39, 0.29) is 17.6 Å². The van der Waals surface area contributed by atoms with Crippen molar-refractivity contribution in [2.75, 3.05) is 0 Å². The molecular weight excluding hydrogens is 407 g/mol. The molecule has 0 aromatic heterocycles. The lowest BCUT2D eigenvalue weighted by atomic mass is 9.69. The van der Waals surface area contributed by atoms with Crippen LogP contribution in [0.4, 0.5) is 22.0 Å². The highest BCUT2D eigenvalue weighted by Gasteiger charge is 2.61. The first-order chi connectivity index (χ1) is 14.0. The summed E-state index contributed by atoms with van der Waals surface area (Å²) in [6.45, 7) is 2.30. The lowest BCUT2D eigenvalue weighted by molar-refractivity contribution is -0.360. The zero-order valence-electron chi connectivity index (χ0n) is 16.9. The van der Waals surface area contributed by atoms with Gasteiger partial charge in [-0.1, -0.05) is 19.8 Å². The SMILES string of the molecule is C[C@H]1CC[C@H]([C@H]2CC[C@H](C(=O)Oc3ccc(OC(F)(F)C(F)(F)F)cc3)CC2)CC1. The summed E-state index contributed by atoms with van der Waals surface area (Å²) in [5.41, 5.74) is 0. The molecule has 0 aliphatic heterocycles. The monoisotopic (exact) mass is 434 g/mol. The third-order valence-electron chi connectivity index (χ3n) is 6.45. The van der Waals surface area contributed by atoms with E-state index in [4.69, 9.17) is 4.74 Å². The molecule has 2 aliphatic carbocycles. The molecule has 0 heterocycles. The summed E-state index contributed by atoms with van der Waals surface area (Å²) in [4.78, 5) is 12.4. The van der Waals surface area contributed by atoms with Crippen molar-refractivity contribution in [1.29, 1.82) is 0 Å². The van der Waals surface area contributed by atoms with Gasteiger partial charge in [0, 0.05) is 0 Å². The van der Waals surface area contributed by atoms with E-state index in [9.17, 15) is 26.7 Å². The number of alkyl halides is 5. The van der Waals surface area contributed by atoms with E-state index in [1.807, 2.05) is 0 Å². The van der Waals surface area contributed by atoms with Crippen molar-refractivity contribution in [3.63, 3.8) is 0 Å². The fraction of sp³-hybridized carbons (Fsp3) is 0.682. The lowest BCUT2D eigenvalue weighted by Crippen LogP contribution is -2.41. The minimum absolute atomic E-state index is 0.0890. The lowest BCUT2D eigenvalue weighted by Gasteiger charge is -2.36. The number of benzene rings is 1. The molecule has 0 unspecified atom stereocenters. The van der Waals surface area contributed by atoms with E-state index in [1.165, 1.54) is 25.7 Å². The predicted octanol–water partition coefficient (Wildman–Crippen LogP) is 6.76. The standard InChI is InChI=1S/C22H27F5O3/c1-14-2-4-15(5-3-14)16-6-8-17(9-7-16)20(28)29-18-10-12-19(13-11-18)30-22(26,27)21(23,24)25/h10-17H,2-9H2,1H3/t14-,15-,16-,17-. The van der Waals surface area contributed by atoms with Gasteiger partial charge in [0.25, 0.3) is 0 Å².